The number of benzene rings is 1. The lowest BCUT2D eigenvalue weighted by Crippen LogP contribution is -2.48. The van der Waals surface area contributed by atoms with Gasteiger partial charge in [-0.25, -0.2) is 13.9 Å². The standard InChI is InChI=1S/C21H29FN6O3/c1-30-11-8-23-21(29)24-15-6-9-27(10-7-15)12-18-19-14-31-20(13-28(19)26-25-18)16-4-2-3-5-17(16)22/h2-5,15,20H,6-14H2,1H3,(H2,23,24,29)/t20-/m1/s1. The lowest BCUT2D eigenvalue weighted by molar-refractivity contribution is -0.00414. The van der Waals surface area contributed by atoms with Crippen molar-refractivity contribution in [2.24, 2.45) is 0 Å². The molecule has 31 heavy (non-hydrogen) atoms. The van der Waals surface area contributed by atoms with E-state index in [-0.39, 0.29) is 24.0 Å². The number of hydrogen-bond acceptors (Lipinski definition) is 6. The summed E-state index contributed by atoms with van der Waals surface area (Å²) in [6, 6.07) is 6.70. The number of rotatable bonds is 7. The minimum Gasteiger partial charge on any atom is -0.383 e. The maximum atomic E-state index is 14.1. The molecule has 2 amide bonds. The molecule has 9 nitrogen and oxygen atoms in total. The van der Waals surface area contributed by atoms with E-state index in [9.17, 15) is 9.18 Å². The van der Waals surface area contributed by atoms with Crippen molar-refractivity contribution in [2.45, 2.75) is 44.7 Å². The molecule has 0 unspecified atom stereocenters. The maximum Gasteiger partial charge on any atom is 0.315 e. The van der Waals surface area contributed by atoms with Gasteiger partial charge >= 0.3 is 6.03 Å². The van der Waals surface area contributed by atoms with Crippen LogP contribution in [0.5, 0.6) is 0 Å². The molecule has 1 fully saturated rings. The average molecular weight is 433 g/mol. The van der Waals surface area contributed by atoms with Crippen LogP contribution in [0.1, 0.15) is 35.9 Å². The third-order valence-corrected chi connectivity index (χ3v) is 5.82. The van der Waals surface area contributed by atoms with Crippen LogP contribution in [0.3, 0.4) is 0 Å². The predicted molar refractivity (Wildman–Crippen MR) is 111 cm³/mol. The molecule has 0 bridgehead atoms. The molecule has 1 aromatic heterocycles. The second-order valence-corrected chi connectivity index (χ2v) is 7.93. The van der Waals surface area contributed by atoms with Crippen molar-refractivity contribution in [1.82, 2.24) is 30.5 Å². The van der Waals surface area contributed by atoms with Gasteiger partial charge in [0.2, 0.25) is 0 Å². The summed E-state index contributed by atoms with van der Waals surface area (Å²) in [5, 5.41) is 14.4. The van der Waals surface area contributed by atoms with Crippen LogP contribution in [0.4, 0.5) is 9.18 Å². The first kappa shape index (κ1) is 21.7. The van der Waals surface area contributed by atoms with Crippen molar-refractivity contribution < 1.29 is 18.7 Å². The summed E-state index contributed by atoms with van der Waals surface area (Å²) in [4.78, 5) is 14.2. The number of likely N-dealkylation sites (tertiary alicyclic amines) is 1. The third-order valence-electron chi connectivity index (χ3n) is 5.82. The Morgan fingerprint density at radius 2 is 2.13 bits per heavy atom. The van der Waals surface area contributed by atoms with Crippen LogP contribution >= 0.6 is 0 Å². The minimum atomic E-state index is -0.361. The van der Waals surface area contributed by atoms with E-state index in [1.165, 1.54) is 6.07 Å². The molecular formula is C21H29FN6O3. The largest absolute Gasteiger partial charge is 0.383 e. The van der Waals surface area contributed by atoms with Crippen LogP contribution in [0.15, 0.2) is 24.3 Å². The number of methoxy groups -OCH3 is 1. The summed E-state index contributed by atoms with van der Waals surface area (Å²) >= 11 is 0. The number of carbonyl (C=O) groups is 1. The summed E-state index contributed by atoms with van der Waals surface area (Å²) in [6.45, 7) is 4.24. The van der Waals surface area contributed by atoms with Crippen LogP contribution in [-0.2, 0) is 29.2 Å². The van der Waals surface area contributed by atoms with Crippen molar-refractivity contribution in [3.8, 4) is 0 Å². The highest BCUT2D eigenvalue weighted by molar-refractivity contribution is 5.74. The first-order valence-corrected chi connectivity index (χ1v) is 10.7. The smallest absolute Gasteiger partial charge is 0.315 e. The third kappa shape index (κ3) is 5.38. The second kappa shape index (κ2) is 10.2. The number of urea groups is 1. The van der Waals surface area contributed by atoms with Crippen LogP contribution in [0.25, 0.3) is 0 Å². The quantitative estimate of drug-likeness (QED) is 0.646. The van der Waals surface area contributed by atoms with Gasteiger partial charge in [-0.15, -0.1) is 5.10 Å². The molecule has 4 rings (SSSR count). The zero-order chi connectivity index (χ0) is 21.6. The Morgan fingerprint density at radius 3 is 2.90 bits per heavy atom. The number of carbonyl (C=O) groups excluding carboxylic acids is 1. The van der Waals surface area contributed by atoms with Gasteiger partial charge in [-0.3, -0.25) is 4.90 Å². The number of hydrogen-bond donors (Lipinski definition) is 2. The Hall–Kier alpha value is -2.56. The van der Waals surface area contributed by atoms with Crippen molar-refractivity contribution in [3.05, 3.63) is 47.0 Å². The zero-order valence-corrected chi connectivity index (χ0v) is 17.7. The molecule has 1 saturated heterocycles. The highest BCUT2D eigenvalue weighted by Crippen LogP contribution is 2.29. The number of piperidine rings is 1. The summed E-state index contributed by atoms with van der Waals surface area (Å²) in [5.41, 5.74) is 2.40. The van der Waals surface area contributed by atoms with Crippen molar-refractivity contribution >= 4 is 6.03 Å². The Labute approximate surface area is 180 Å². The molecule has 168 valence electrons. The predicted octanol–water partition coefficient (Wildman–Crippen LogP) is 1.60. The molecule has 0 aliphatic carbocycles. The van der Waals surface area contributed by atoms with Gasteiger partial charge in [-0.1, -0.05) is 23.4 Å². The highest BCUT2D eigenvalue weighted by Gasteiger charge is 2.28. The van der Waals surface area contributed by atoms with Gasteiger partial charge in [0, 0.05) is 44.9 Å². The van der Waals surface area contributed by atoms with Gasteiger partial charge in [0.25, 0.3) is 0 Å². The van der Waals surface area contributed by atoms with E-state index < -0.39 is 0 Å². The normalized spacial score (nSPS) is 19.7. The van der Waals surface area contributed by atoms with Gasteiger partial charge in [0.1, 0.15) is 17.6 Å². The molecule has 0 spiro atoms. The molecule has 1 aromatic carbocycles. The Balaban J connectivity index is 1.27. The average Bonchev–Trinajstić information content (AvgIpc) is 3.17. The van der Waals surface area contributed by atoms with Crippen LogP contribution in [0, 0.1) is 5.82 Å². The number of nitrogens with zero attached hydrogens (tertiary/aromatic N) is 4. The van der Waals surface area contributed by atoms with E-state index in [1.54, 1.807) is 19.2 Å². The minimum absolute atomic E-state index is 0.149. The maximum absolute atomic E-state index is 14.1. The zero-order valence-electron chi connectivity index (χ0n) is 17.7. The Bertz CT molecular complexity index is 884. The lowest BCUT2D eigenvalue weighted by atomic mass is 10.0. The van der Waals surface area contributed by atoms with Gasteiger partial charge in [0.15, 0.2) is 0 Å². The Kier molecular flexibility index (Phi) is 7.10. The Morgan fingerprint density at radius 1 is 1.32 bits per heavy atom. The number of halogens is 1. The number of amides is 2. The van der Waals surface area contributed by atoms with Gasteiger partial charge in [0.05, 0.1) is 25.5 Å². The number of aromatic nitrogens is 3. The van der Waals surface area contributed by atoms with Crippen LogP contribution in [-0.4, -0.2) is 65.3 Å². The molecule has 0 radical (unpaired) electrons. The topological polar surface area (TPSA) is 93.5 Å². The lowest BCUT2D eigenvalue weighted by Gasteiger charge is -2.32. The van der Waals surface area contributed by atoms with Gasteiger partial charge < -0.3 is 20.1 Å². The van der Waals surface area contributed by atoms with Crippen molar-refractivity contribution in [3.63, 3.8) is 0 Å². The summed E-state index contributed by atoms with van der Waals surface area (Å²) in [5.74, 6) is -0.264. The molecule has 0 saturated carbocycles. The summed E-state index contributed by atoms with van der Waals surface area (Å²) in [7, 11) is 1.61. The van der Waals surface area contributed by atoms with Gasteiger partial charge in [-0.2, -0.15) is 0 Å². The molecule has 1 atom stereocenters. The van der Waals surface area contributed by atoms with E-state index in [1.807, 2.05) is 10.7 Å². The second-order valence-electron chi connectivity index (χ2n) is 7.93. The molecule has 3 heterocycles. The molecular weight excluding hydrogens is 403 g/mol. The number of ether oxygens (including phenoxy) is 2. The first-order chi connectivity index (χ1) is 15.1. The fourth-order valence-electron chi connectivity index (χ4n) is 4.06. The monoisotopic (exact) mass is 432 g/mol. The van der Waals surface area contributed by atoms with E-state index in [4.69, 9.17) is 9.47 Å². The van der Waals surface area contributed by atoms with Crippen LogP contribution in [0.2, 0.25) is 0 Å². The fourth-order valence-corrected chi connectivity index (χ4v) is 4.06. The first-order valence-electron chi connectivity index (χ1n) is 10.7. The van der Waals surface area contributed by atoms with Crippen molar-refractivity contribution in [2.75, 3.05) is 33.4 Å². The van der Waals surface area contributed by atoms with E-state index in [0.29, 0.717) is 38.4 Å². The summed E-state index contributed by atoms with van der Waals surface area (Å²) < 4.78 is 26.8. The number of fused-ring (bicyclic) bond motifs is 1. The molecule has 10 heteroatoms. The fraction of sp³-hybridized carbons (Fsp3) is 0.571. The van der Waals surface area contributed by atoms with Crippen LogP contribution < -0.4 is 10.6 Å². The van der Waals surface area contributed by atoms with E-state index in [0.717, 1.165) is 37.3 Å². The molecule has 2 aliphatic heterocycles. The van der Waals surface area contributed by atoms with Crippen molar-refractivity contribution in [1.29, 1.82) is 0 Å². The summed E-state index contributed by atoms with van der Waals surface area (Å²) in [6.07, 6.45) is 1.40. The number of nitrogens with one attached hydrogen (secondary N) is 2. The molecule has 2 aromatic rings. The molecule has 2 N–H and O–H groups in total. The van der Waals surface area contributed by atoms with E-state index >= 15 is 0 Å². The molecule has 2 aliphatic rings. The van der Waals surface area contributed by atoms with Gasteiger partial charge in [-0.05, 0) is 18.9 Å². The van der Waals surface area contributed by atoms with E-state index in [2.05, 4.69) is 25.8 Å². The SMILES string of the molecule is COCCNC(=O)NC1CCN(Cc2nnn3c2CO[C@@H](c2ccccc2F)C3)CC1. The highest BCUT2D eigenvalue weighted by atomic mass is 19.1.